The smallest absolute Gasteiger partial charge is 0.332 e. The molecule has 1 aromatic heterocycles. The maximum atomic E-state index is 11.6. The molecule has 6 heteroatoms. The number of aliphatic carboxylic acids is 1. The van der Waals surface area contributed by atoms with Crippen molar-refractivity contribution in [1.82, 2.24) is 9.55 Å². The summed E-state index contributed by atoms with van der Waals surface area (Å²) in [5.41, 5.74) is 1.44. The van der Waals surface area contributed by atoms with Gasteiger partial charge in [-0.1, -0.05) is 12.1 Å². The first-order chi connectivity index (χ1) is 9.66. The average molecular weight is 336 g/mol. The van der Waals surface area contributed by atoms with E-state index in [2.05, 4.69) is 26.2 Å². The molecule has 0 aliphatic heterocycles. The molecule has 2 aromatic rings. The molecule has 1 aliphatic rings. The summed E-state index contributed by atoms with van der Waals surface area (Å²) in [6.07, 6.45) is 5.51. The zero-order valence-corrected chi connectivity index (χ0v) is 12.2. The molecule has 1 atom stereocenters. The van der Waals surface area contributed by atoms with Gasteiger partial charge in [0, 0.05) is 16.2 Å². The Bertz CT molecular complexity index is 637. The average Bonchev–Trinajstić information content (AvgIpc) is 3.16. The number of hydrogen-bond donors (Lipinski definition) is 2. The van der Waals surface area contributed by atoms with Gasteiger partial charge in [0.15, 0.2) is 6.04 Å². The van der Waals surface area contributed by atoms with E-state index in [0.717, 1.165) is 23.0 Å². The number of anilines is 1. The summed E-state index contributed by atoms with van der Waals surface area (Å²) in [7, 11) is 0. The Hall–Kier alpha value is -1.82. The van der Waals surface area contributed by atoms with Crippen LogP contribution in [-0.2, 0) is 4.79 Å². The fourth-order valence-corrected chi connectivity index (χ4v) is 2.59. The van der Waals surface area contributed by atoms with Gasteiger partial charge in [0.1, 0.15) is 0 Å². The first-order valence-corrected chi connectivity index (χ1v) is 7.21. The van der Waals surface area contributed by atoms with Crippen molar-refractivity contribution in [3.05, 3.63) is 47.0 Å². The number of carboxylic acids is 1. The molecule has 0 amide bonds. The predicted octanol–water partition coefficient (Wildman–Crippen LogP) is 3.22. The Morgan fingerprint density at radius 2 is 2.20 bits per heavy atom. The highest BCUT2D eigenvalue weighted by atomic mass is 79.9. The summed E-state index contributed by atoms with van der Waals surface area (Å²) >= 11 is 3.42. The second kappa shape index (κ2) is 5.28. The number of imidazole rings is 1. The zero-order valence-electron chi connectivity index (χ0n) is 10.7. The number of benzene rings is 1. The number of halogens is 1. The van der Waals surface area contributed by atoms with E-state index < -0.39 is 12.0 Å². The lowest BCUT2D eigenvalue weighted by molar-refractivity contribution is -0.138. The molecule has 1 heterocycles. The minimum atomic E-state index is -0.914. The SMILES string of the molecule is O=C(O)C(Nc1ccccc1Br)c1cncn1C1CC1. The molecule has 104 valence electrons. The van der Waals surface area contributed by atoms with Gasteiger partial charge in [-0.05, 0) is 40.9 Å². The fraction of sp³-hybridized carbons (Fsp3) is 0.286. The second-order valence-electron chi connectivity index (χ2n) is 4.85. The number of carbonyl (C=O) groups is 1. The van der Waals surface area contributed by atoms with Gasteiger partial charge < -0.3 is 15.0 Å². The maximum absolute atomic E-state index is 11.6. The Morgan fingerprint density at radius 3 is 2.85 bits per heavy atom. The molecule has 0 saturated heterocycles. The minimum absolute atomic E-state index is 0.398. The molecule has 0 spiro atoms. The third kappa shape index (κ3) is 2.56. The maximum Gasteiger partial charge on any atom is 0.332 e. The van der Waals surface area contributed by atoms with Crippen LogP contribution in [0.3, 0.4) is 0 Å². The van der Waals surface area contributed by atoms with Gasteiger partial charge in [-0.25, -0.2) is 9.78 Å². The number of aromatic nitrogens is 2. The van der Waals surface area contributed by atoms with Gasteiger partial charge in [-0.3, -0.25) is 0 Å². The molecule has 20 heavy (non-hydrogen) atoms. The number of hydrogen-bond acceptors (Lipinski definition) is 3. The van der Waals surface area contributed by atoms with E-state index in [1.807, 2.05) is 28.8 Å². The number of para-hydroxylation sites is 1. The van der Waals surface area contributed by atoms with Crippen molar-refractivity contribution < 1.29 is 9.90 Å². The van der Waals surface area contributed by atoms with Crippen LogP contribution in [0, 0.1) is 0 Å². The minimum Gasteiger partial charge on any atom is -0.479 e. The van der Waals surface area contributed by atoms with Crippen LogP contribution >= 0.6 is 15.9 Å². The largest absolute Gasteiger partial charge is 0.479 e. The first-order valence-electron chi connectivity index (χ1n) is 6.42. The van der Waals surface area contributed by atoms with E-state index in [1.165, 1.54) is 0 Å². The molecule has 1 aromatic carbocycles. The van der Waals surface area contributed by atoms with Crippen molar-refractivity contribution in [3.63, 3.8) is 0 Å². The highest BCUT2D eigenvalue weighted by Gasteiger charge is 2.31. The summed E-state index contributed by atoms with van der Waals surface area (Å²) in [6.45, 7) is 0. The van der Waals surface area contributed by atoms with Crippen molar-refractivity contribution in [3.8, 4) is 0 Å². The van der Waals surface area contributed by atoms with Crippen LogP contribution < -0.4 is 5.32 Å². The van der Waals surface area contributed by atoms with Crippen molar-refractivity contribution in [2.45, 2.75) is 24.9 Å². The predicted molar refractivity (Wildman–Crippen MR) is 78.6 cm³/mol. The van der Waals surface area contributed by atoms with E-state index in [1.54, 1.807) is 12.5 Å². The van der Waals surface area contributed by atoms with Crippen molar-refractivity contribution >= 4 is 27.6 Å². The lowest BCUT2D eigenvalue weighted by atomic mass is 10.2. The van der Waals surface area contributed by atoms with Crippen LogP contribution in [0.25, 0.3) is 0 Å². The summed E-state index contributed by atoms with van der Waals surface area (Å²) < 4.78 is 2.80. The Labute approximate surface area is 124 Å². The van der Waals surface area contributed by atoms with Crippen LogP contribution in [0.5, 0.6) is 0 Å². The van der Waals surface area contributed by atoms with Gasteiger partial charge >= 0.3 is 5.97 Å². The lowest BCUT2D eigenvalue weighted by Gasteiger charge is -2.18. The highest BCUT2D eigenvalue weighted by molar-refractivity contribution is 9.10. The molecule has 0 bridgehead atoms. The molecule has 5 nitrogen and oxygen atoms in total. The summed E-state index contributed by atoms with van der Waals surface area (Å²) in [5, 5.41) is 12.6. The van der Waals surface area contributed by atoms with Crippen LogP contribution in [-0.4, -0.2) is 20.6 Å². The number of rotatable bonds is 5. The zero-order chi connectivity index (χ0) is 14.1. The Balaban J connectivity index is 1.91. The van der Waals surface area contributed by atoms with E-state index in [0.29, 0.717) is 11.7 Å². The summed E-state index contributed by atoms with van der Waals surface area (Å²) in [6, 6.07) is 7.06. The molecular weight excluding hydrogens is 322 g/mol. The fourth-order valence-electron chi connectivity index (χ4n) is 2.19. The third-order valence-corrected chi connectivity index (χ3v) is 4.04. The van der Waals surface area contributed by atoms with Crippen molar-refractivity contribution in [2.75, 3.05) is 5.32 Å². The summed E-state index contributed by atoms with van der Waals surface area (Å²) in [5.74, 6) is -0.914. The quantitative estimate of drug-likeness (QED) is 0.880. The molecule has 0 radical (unpaired) electrons. The van der Waals surface area contributed by atoms with Gasteiger partial charge in [0.05, 0.1) is 18.2 Å². The Kier molecular flexibility index (Phi) is 3.48. The molecule has 1 unspecified atom stereocenters. The number of carboxylic acid groups (broad SMARTS) is 1. The molecule has 2 N–H and O–H groups in total. The Morgan fingerprint density at radius 1 is 1.45 bits per heavy atom. The standard InChI is InChI=1S/C14H14BrN3O2/c15-10-3-1-2-4-11(10)17-13(14(19)20)12-7-16-8-18(12)9-5-6-9/h1-4,7-9,13,17H,5-6H2,(H,19,20). The lowest BCUT2D eigenvalue weighted by Crippen LogP contribution is -2.23. The number of nitrogens with zero attached hydrogens (tertiary/aromatic N) is 2. The highest BCUT2D eigenvalue weighted by Crippen LogP contribution is 2.37. The van der Waals surface area contributed by atoms with Crippen LogP contribution in [0.15, 0.2) is 41.3 Å². The van der Waals surface area contributed by atoms with Gasteiger partial charge in [-0.2, -0.15) is 0 Å². The molecule has 3 rings (SSSR count). The van der Waals surface area contributed by atoms with E-state index in [9.17, 15) is 9.90 Å². The van der Waals surface area contributed by atoms with Gasteiger partial charge in [-0.15, -0.1) is 0 Å². The van der Waals surface area contributed by atoms with Crippen molar-refractivity contribution in [1.29, 1.82) is 0 Å². The van der Waals surface area contributed by atoms with Crippen molar-refractivity contribution in [2.24, 2.45) is 0 Å². The van der Waals surface area contributed by atoms with Gasteiger partial charge in [0.25, 0.3) is 0 Å². The topological polar surface area (TPSA) is 67.2 Å². The molecular formula is C14H14BrN3O2. The van der Waals surface area contributed by atoms with Gasteiger partial charge in [0.2, 0.25) is 0 Å². The third-order valence-electron chi connectivity index (χ3n) is 3.35. The normalized spacial score (nSPS) is 15.8. The number of nitrogens with one attached hydrogen (secondary N) is 1. The second-order valence-corrected chi connectivity index (χ2v) is 5.71. The van der Waals surface area contributed by atoms with E-state index >= 15 is 0 Å². The summed E-state index contributed by atoms with van der Waals surface area (Å²) in [4.78, 5) is 15.7. The molecule has 1 aliphatic carbocycles. The molecule has 1 fully saturated rings. The van der Waals surface area contributed by atoms with Crippen LogP contribution in [0.1, 0.15) is 30.6 Å². The van der Waals surface area contributed by atoms with E-state index in [4.69, 9.17) is 0 Å². The van der Waals surface area contributed by atoms with Crippen LogP contribution in [0.4, 0.5) is 5.69 Å². The van der Waals surface area contributed by atoms with Crippen LogP contribution in [0.2, 0.25) is 0 Å². The molecule has 1 saturated carbocycles. The van der Waals surface area contributed by atoms with E-state index in [-0.39, 0.29) is 0 Å². The monoisotopic (exact) mass is 335 g/mol. The first kappa shape index (κ1) is 13.2.